The van der Waals surface area contributed by atoms with Gasteiger partial charge in [-0.15, -0.1) is 0 Å². The standard InChI is InChI=1S/C21H20FN3O4/c22-18-7-5-16(6-8-18)20(27)25-11-9-15(10-12-25)19(26)24-23-13-14-1-3-17(4-2-14)21(28)29/h1-8,13,15H,9-12H2,(H,24,26)(H,28,29)/b23-13-. The van der Waals surface area contributed by atoms with Crippen molar-refractivity contribution in [3.63, 3.8) is 0 Å². The molecule has 8 heteroatoms. The van der Waals surface area contributed by atoms with Crippen molar-refractivity contribution in [1.29, 1.82) is 0 Å². The Morgan fingerprint density at radius 2 is 1.59 bits per heavy atom. The van der Waals surface area contributed by atoms with Crippen LogP contribution in [0.4, 0.5) is 4.39 Å². The maximum absolute atomic E-state index is 13.0. The average molecular weight is 397 g/mol. The van der Waals surface area contributed by atoms with Gasteiger partial charge in [-0.1, -0.05) is 12.1 Å². The predicted molar refractivity (Wildman–Crippen MR) is 104 cm³/mol. The Morgan fingerprint density at radius 1 is 1.00 bits per heavy atom. The van der Waals surface area contributed by atoms with E-state index in [0.717, 1.165) is 0 Å². The molecule has 0 unspecified atom stereocenters. The SMILES string of the molecule is O=C(O)c1ccc(/C=N\NC(=O)C2CCN(C(=O)c3ccc(F)cc3)CC2)cc1. The molecule has 1 heterocycles. The third-order valence-electron chi connectivity index (χ3n) is 4.79. The third-order valence-corrected chi connectivity index (χ3v) is 4.79. The lowest BCUT2D eigenvalue weighted by molar-refractivity contribution is -0.126. The van der Waals surface area contributed by atoms with Gasteiger partial charge in [0.05, 0.1) is 11.8 Å². The topological polar surface area (TPSA) is 99.1 Å². The van der Waals surface area contributed by atoms with Crippen LogP contribution in [0.2, 0.25) is 0 Å². The molecule has 0 saturated carbocycles. The van der Waals surface area contributed by atoms with E-state index in [4.69, 9.17) is 5.11 Å². The number of carboxylic acid groups (broad SMARTS) is 1. The monoisotopic (exact) mass is 397 g/mol. The fraction of sp³-hybridized carbons (Fsp3) is 0.238. The highest BCUT2D eigenvalue weighted by molar-refractivity contribution is 5.94. The van der Waals surface area contributed by atoms with Crippen molar-refractivity contribution in [2.24, 2.45) is 11.0 Å². The number of nitrogens with zero attached hydrogens (tertiary/aromatic N) is 2. The number of hydrazone groups is 1. The van der Waals surface area contributed by atoms with Gasteiger partial charge in [0.25, 0.3) is 5.91 Å². The number of rotatable bonds is 5. The summed E-state index contributed by atoms with van der Waals surface area (Å²) in [4.78, 5) is 37.2. The van der Waals surface area contributed by atoms with Gasteiger partial charge in [0.1, 0.15) is 5.82 Å². The van der Waals surface area contributed by atoms with Crippen LogP contribution in [0.25, 0.3) is 0 Å². The van der Waals surface area contributed by atoms with E-state index < -0.39 is 11.8 Å². The van der Waals surface area contributed by atoms with E-state index in [0.29, 0.717) is 37.1 Å². The molecule has 0 aliphatic carbocycles. The highest BCUT2D eigenvalue weighted by Crippen LogP contribution is 2.19. The van der Waals surface area contributed by atoms with Gasteiger partial charge < -0.3 is 10.0 Å². The summed E-state index contributed by atoms with van der Waals surface area (Å²) >= 11 is 0. The minimum Gasteiger partial charge on any atom is -0.478 e. The molecule has 0 bridgehead atoms. The first-order valence-corrected chi connectivity index (χ1v) is 9.15. The molecule has 150 valence electrons. The van der Waals surface area contributed by atoms with E-state index in [2.05, 4.69) is 10.5 Å². The zero-order chi connectivity index (χ0) is 20.8. The molecule has 2 amide bonds. The molecule has 0 aromatic heterocycles. The molecule has 0 spiro atoms. The van der Waals surface area contributed by atoms with Gasteiger partial charge >= 0.3 is 5.97 Å². The number of halogens is 1. The molecule has 0 atom stereocenters. The number of amides is 2. The molecule has 29 heavy (non-hydrogen) atoms. The number of carbonyl (C=O) groups is 3. The minimum absolute atomic E-state index is 0.174. The number of nitrogens with one attached hydrogen (secondary N) is 1. The van der Waals surface area contributed by atoms with Gasteiger partial charge in [0, 0.05) is 24.6 Å². The Balaban J connectivity index is 1.47. The summed E-state index contributed by atoms with van der Waals surface area (Å²) in [7, 11) is 0. The van der Waals surface area contributed by atoms with E-state index in [9.17, 15) is 18.8 Å². The Labute approximate surface area is 166 Å². The Bertz CT molecular complexity index is 918. The summed E-state index contributed by atoms with van der Waals surface area (Å²) in [5, 5.41) is 12.8. The Morgan fingerprint density at radius 3 is 2.17 bits per heavy atom. The van der Waals surface area contributed by atoms with E-state index in [1.54, 1.807) is 17.0 Å². The van der Waals surface area contributed by atoms with Crippen LogP contribution in [0, 0.1) is 11.7 Å². The Hall–Kier alpha value is -3.55. The van der Waals surface area contributed by atoms with E-state index >= 15 is 0 Å². The van der Waals surface area contributed by atoms with Crippen LogP contribution in [-0.4, -0.2) is 47.1 Å². The second kappa shape index (κ2) is 9.09. The number of carboxylic acids is 1. The summed E-state index contributed by atoms with van der Waals surface area (Å²) in [6.07, 6.45) is 2.47. The van der Waals surface area contributed by atoms with E-state index in [-0.39, 0.29) is 23.3 Å². The van der Waals surface area contributed by atoms with E-state index in [1.165, 1.54) is 42.6 Å². The van der Waals surface area contributed by atoms with Crippen molar-refractivity contribution < 1.29 is 23.9 Å². The molecule has 1 aliphatic rings. The van der Waals surface area contributed by atoms with Crippen LogP contribution in [-0.2, 0) is 4.79 Å². The van der Waals surface area contributed by atoms with Crippen molar-refractivity contribution in [2.45, 2.75) is 12.8 Å². The van der Waals surface area contributed by atoms with Gasteiger partial charge in [-0.25, -0.2) is 14.6 Å². The number of hydrogen-bond acceptors (Lipinski definition) is 4. The molecule has 7 nitrogen and oxygen atoms in total. The zero-order valence-corrected chi connectivity index (χ0v) is 15.5. The van der Waals surface area contributed by atoms with Crippen molar-refractivity contribution >= 4 is 24.0 Å². The number of piperidine rings is 1. The molecular formula is C21H20FN3O4. The summed E-state index contributed by atoms with van der Waals surface area (Å²) in [5.74, 6) is -2.05. The second-order valence-corrected chi connectivity index (χ2v) is 6.73. The summed E-state index contributed by atoms with van der Waals surface area (Å²) in [6.45, 7) is 0.878. The predicted octanol–water partition coefficient (Wildman–Crippen LogP) is 2.53. The van der Waals surface area contributed by atoms with Crippen LogP contribution in [0.1, 0.15) is 39.1 Å². The van der Waals surface area contributed by atoms with Gasteiger partial charge in [-0.2, -0.15) is 5.10 Å². The van der Waals surface area contributed by atoms with Gasteiger partial charge in [-0.3, -0.25) is 9.59 Å². The van der Waals surface area contributed by atoms with Crippen molar-refractivity contribution in [1.82, 2.24) is 10.3 Å². The maximum atomic E-state index is 13.0. The van der Waals surface area contributed by atoms with Crippen molar-refractivity contribution in [2.75, 3.05) is 13.1 Å². The Kier molecular flexibility index (Phi) is 6.33. The maximum Gasteiger partial charge on any atom is 0.335 e. The lowest BCUT2D eigenvalue weighted by atomic mass is 9.95. The molecule has 1 saturated heterocycles. The summed E-state index contributed by atoms with van der Waals surface area (Å²) in [5.41, 5.74) is 3.75. The molecule has 0 radical (unpaired) electrons. The summed E-state index contributed by atoms with van der Waals surface area (Å²) < 4.78 is 13.0. The highest BCUT2D eigenvalue weighted by atomic mass is 19.1. The molecule has 1 fully saturated rings. The fourth-order valence-electron chi connectivity index (χ4n) is 3.09. The number of benzene rings is 2. The lowest BCUT2D eigenvalue weighted by Gasteiger charge is -2.31. The quantitative estimate of drug-likeness (QED) is 0.598. The number of likely N-dealkylation sites (tertiary alicyclic amines) is 1. The molecular weight excluding hydrogens is 377 g/mol. The van der Waals surface area contributed by atoms with Crippen LogP contribution < -0.4 is 5.43 Å². The largest absolute Gasteiger partial charge is 0.478 e. The first-order chi connectivity index (χ1) is 13.9. The van der Waals surface area contributed by atoms with Crippen LogP contribution in [0.15, 0.2) is 53.6 Å². The normalized spacial score (nSPS) is 14.7. The first kappa shape index (κ1) is 20.2. The number of hydrogen-bond donors (Lipinski definition) is 2. The molecule has 2 N–H and O–H groups in total. The molecule has 1 aliphatic heterocycles. The smallest absolute Gasteiger partial charge is 0.335 e. The first-order valence-electron chi connectivity index (χ1n) is 9.15. The highest BCUT2D eigenvalue weighted by Gasteiger charge is 2.27. The van der Waals surface area contributed by atoms with Crippen LogP contribution in [0.5, 0.6) is 0 Å². The van der Waals surface area contributed by atoms with Gasteiger partial charge in [0.15, 0.2) is 0 Å². The molecule has 2 aromatic carbocycles. The number of carbonyl (C=O) groups excluding carboxylic acids is 2. The number of aromatic carboxylic acids is 1. The second-order valence-electron chi connectivity index (χ2n) is 6.73. The average Bonchev–Trinajstić information content (AvgIpc) is 2.74. The molecule has 3 rings (SSSR count). The van der Waals surface area contributed by atoms with Crippen molar-refractivity contribution in [3.05, 3.63) is 71.0 Å². The van der Waals surface area contributed by atoms with Crippen molar-refractivity contribution in [3.8, 4) is 0 Å². The fourth-order valence-corrected chi connectivity index (χ4v) is 3.09. The van der Waals surface area contributed by atoms with E-state index in [1.807, 2.05) is 0 Å². The van der Waals surface area contributed by atoms with Crippen LogP contribution >= 0.6 is 0 Å². The molecule has 2 aromatic rings. The third kappa shape index (κ3) is 5.25. The minimum atomic E-state index is -1.01. The van der Waals surface area contributed by atoms with Gasteiger partial charge in [-0.05, 0) is 54.8 Å². The summed E-state index contributed by atoms with van der Waals surface area (Å²) in [6, 6.07) is 11.5. The van der Waals surface area contributed by atoms with Crippen LogP contribution in [0.3, 0.4) is 0 Å². The lowest BCUT2D eigenvalue weighted by Crippen LogP contribution is -2.42. The van der Waals surface area contributed by atoms with Gasteiger partial charge in [0.2, 0.25) is 5.91 Å². The zero-order valence-electron chi connectivity index (χ0n) is 15.5.